The molecule has 76 valence electrons. The highest BCUT2D eigenvalue weighted by Crippen LogP contribution is 2.19. The highest BCUT2D eigenvalue weighted by molar-refractivity contribution is 9.10. The lowest BCUT2D eigenvalue weighted by atomic mass is 10.5. The van der Waals surface area contributed by atoms with Crippen molar-refractivity contribution >= 4 is 39.3 Å². The molecule has 14 heavy (non-hydrogen) atoms. The summed E-state index contributed by atoms with van der Waals surface area (Å²) in [5, 5.41) is 2.86. The predicted molar refractivity (Wildman–Crippen MR) is 55.2 cm³/mol. The molecule has 0 bridgehead atoms. The number of anilines is 1. The van der Waals surface area contributed by atoms with Crippen LogP contribution in [0.25, 0.3) is 0 Å². The van der Waals surface area contributed by atoms with Crippen LogP contribution >= 0.6 is 27.5 Å². The second-order valence-electron chi connectivity index (χ2n) is 2.27. The molecule has 0 atom stereocenters. The van der Waals surface area contributed by atoms with Gasteiger partial charge in [0.25, 0.3) is 0 Å². The molecule has 0 aromatic carbocycles. The van der Waals surface area contributed by atoms with Crippen LogP contribution in [0.5, 0.6) is 0 Å². The van der Waals surface area contributed by atoms with Gasteiger partial charge in [0.15, 0.2) is 0 Å². The van der Waals surface area contributed by atoms with Gasteiger partial charge in [-0.3, -0.25) is 4.79 Å². The average Bonchev–Trinajstić information content (AvgIpc) is 2.19. The van der Waals surface area contributed by atoms with Gasteiger partial charge in [-0.1, -0.05) is 0 Å². The lowest BCUT2D eigenvalue weighted by Crippen LogP contribution is -2.16. The molecule has 0 radical (unpaired) electrons. The predicted octanol–water partition coefficient (Wildman–Crippen LogP) is 1.48. The zero-order chi connectivity index (χ0) is 10.6. The molecule has 0 saturated heterocycles. The molecule has 1 N–H and O–H groups in total. The number of halogens is 2. The van der Waals surface area contributed by atoms with Gasteiger partial charge in [0.05, 0.1) is 11.6 Å². The molecule has 5 nitrogen and oxygen atoms in total. The molecule has 1 aromatic rings. The van der Waals surface area contributed by atoms with Gasteiger partial charge in [0, 0.05) is 6.20 Å². The second-order valence-corrected chi connectivity index (χ2v) is 3.46. The molecule has 0 aliphatic carbocycles. The summed E-state index contributed by atoms with van der Waals surface area (Å²) in [7, 11) is 1.31. The number of ether oxygens (including phenoxy) is 1. The molecular weight excluding hydrogens is 273 g/mol. The van der Waals surface area contributed by atoms with Gasteiger partial charge >= 0.3 is 5.97 Å². The molecule has 0 unspecified atom stereocenters. The Morgan fingerprint density at radius 2 is 2.50 bits per heavy atom. The Balaban J connectivity index is 2.66. The topological polar surface area (TPSA) is 64.1 Å². The Bertz CT molecular complexity index is 348. The van der Waals surface area contributed by atoms with Crippen LogP contribution in [-0.4, -0.2) is 29.6 Å². The van der Waals surface area contributed by atoms with Gasteiger partial charge in [0.2, 0.25) is 5.28 Å². The lowest BCUT2D eigenvalue weighted by molar-refractivity contribution is -0.138. The van der Waals surface area contributed by atoms with Crippen LogP contribution in [0.2, 0.25) is 5.28 Å². The Labute approximate surface area is 94.0 Å². The Morgan fingerprint density at radius 3 is 3.14 bits per heavy atom. The maximum absolute atomic E-state index is 10.8. The summed E-state index contributed by atoms with van der Waals surface area (Å²) in [5.41, 5.74) is 0. The summed E-state index contributed by atoms with van der Waals surface area (Å²) in [5.74, 6) is 0.0713. The molecule has 1 rings (SSSR count). The average molecular weight is 281 g/mol. The third-order valence-corrected chi connectivity index (χ3v) is 2.10. The standard InChI is InChI=1S/C7H7BrClN3O2/c1-14-5(13)3-10-6-4(8)2-11-7(9)12-6/h2H,3H2,1H3,(H,10,11,12). The molecule has 0 aliphatic heterocycles. The highest BCUT2D eigenvalue weighted by Gasteiger charge is 2.05. The summed E-state index contributed by atoms with van der Waals surface area (Å²) in [4.78, 5) is 18.4. The number of hydrogen-bond acceptors (Lipinski definition) is 5. The second kappa shape index (κ2) is 5.11. The van der Waals surface area contributed by atoms with Crippen LogP contribution in [0.4, 0.5) is 5.82 Å². The first-order chi connectivity index (χ1) is 6.63. The number of hydrogen-bond donors (Lipinski definition) is 1. The summed E-state index contributed by atoms with van der Waals surface area (Å²) < 4.78 is 5.08. The maximum atomic E-state index is 10.8. The van der Waals surface area contributed by atoms with E-state index in [9.17, 15) is 4.79 Å². The quantitative estimate of drug-likeness (QED) is 0.671. The molecule has 1 heterocycles. The van der Waals surface area contributed by atoms with Crippen LogP contribution in [0.3, 0.4) is 0 Å². The van der Waals surface area contributed by atoms with E-state index in [2.05, 4.69) is 36.0 Å². The first-order valence-electron chi connectivity index (χ1n) is 3.62. The van der Waals surface area contributed by atoms with Crippen LogP contribution < -0.4 is 5.32 Å². The van der Waals surface area contributed by atoms with Crippen molar-refractivity contribution in [3.8, 4) is 0 Å². The van der Waals surface area contributed by atoms with Crippen LogP contribution in [0, 0.1) is 0 Å². The van der Waals surface area contributed by atoms with Gasteiger partial charge in [-0.25, -0.2) is 4.98 Å². The number of esters is 1. The molecule has 0 spiro atoms. The number of rotatable bonds is 3. The van der Waals surface area contributed by atoms with Crippen molar-refractivity contribution in [1.29, 1.82) is 0 Å². The summed E-state index contributed by atoms with van der Waals surface area (Å²) in [6, 6.07) is 0. The van der Waals surface area contributed by atoms with Crippen molar-refractivity contribution in [2.75, 3.05) is 19.0 Å². The summed E-state index contributed by atoms with van der Waals surface area (Å²) >= 11 is 8.77. The number of methoxy groups -OCH3 is 1. The fourth-order valence-corrected chi connectivity index (χ4v) is 1.16. The van der Waals surface area contributed by atoms with Crippen molar-refractivity contribution in [2.24, 2.45) is 0 Å². The molecule has 7 heteroatoms. The summed E-state index contributed by atoms with van der Waals surface area (Å²) in [6.07, 6.45) is 1.49. The number of carbonyl (C=O) groups is 1. The Hall–Kier alpha value is -0.880. The lowest BCUT2D eigenvalue weighted by Gasteiger charge is -2.05. The van der Waals surface area contributed by atoms with Gasteiger partial charge in [-0.2, -0.15) is 4.98 Å². The molecule has 0 saturated carbocycles. The zero-order valence-corrected chi connectivity index (χ0v) is 9.59. The third kappa shape index (κ3) is 3.12. The Morgan fingerprint density at radius 1 is 1.79 bits per heavy atom. The minimum atomic E-state index is -0.383. The molecule has 0 aliphatic rings. The minimum absolute atomic E-state index is 0.0302. The van der Waals surface area contributed by atoms with E-state index >= 15 is 0 Å². The third-order valence-electron chi connectivity index (χ3n) is 1.34. The maximum Gasteiger partial charge on any atom is 0.325 e. The fraction of sp³-hybridized carbons (Fsp3) is 0.286. The molecule has 0 amide bonds. The molecule has 0 fully saturated rings. The number of nitrogens with zero attached hydrogens (tertiary/aromatic N) is 2. The van der Waals surface area contributed by atoms with E-state index in [1.807, 2.05) is 0 Å². The van der Waals surface area contributed by atoms with Crippen molar-refractivity contribution < 1.29 is 9.53 Å². The molecular formula is C7H7BrClN3O2. The van der Waals surface area contributed by atoms with E-state index < -0.39 is 0 Å². The van der Waals surface area contributed by atoms with Crippen molar-refractivity contribution in [2.45, 2.75) is 0 Å². The van der Waals surface area contributed by atoms with E-state index in [4.69, 9.17) is 11.6 Å². The highest BCUT2D eigenvalue weighted by atomic mass is 79.9. The van der Waals surface area contributed by atoms with Crippen LogP contribution in [0.1, 0.15) is 0 Å². The van der Waals surface area contributed by atoms with Gasteiger partial charge < -0.3 is 10.1 Å². The smallest absolute Gasteiger partial charge is 0.325 e. The van der Waals surface area contributed by atoms with Gasteiger partial charge in [0.1, 0.15) is 12.4 Å². The Kier molecular flexibility index (Phi) is 4.09. The van der Waals surface area contributed by atoms with Gasteiger partial charge in [-0.05, 0) is 27.5 Å². The van der Waals surface area contributed by atoms with E-state index in [0.29, 0.717) is 10.3 Å². The first kappa shape index (κ1) is 11.2. The fourth-order valence-electron chi connectivity index (χ4n) is 0.698. The largest absolute Gasteiger partial charge is 0.468 e. The normalized spacial score (nSPS) is 9.64. The van der Waals surface area contributed by atoms with E-state index in [0.717, 1.165) is 0 Å². The van der Waals surface area contributed by atoms with E-state index in [1.165, 1.54) is 13.3 Å². The minimum Gasteiger partial charge on any atom is -0.468 e. The van der Waals surface area contributed by atoms with Crippen molar-refractivity contribution in [1.82, 2.24) is 9.97 Å². The number of aromatic nitrogens is 2. The van der Waals surface area contributed by atoms with Gasteiger partial charge in [-0.15, -0.1) is 0 Å². The van der Waals surface area contributed by atoms with Crippen LogP contribution in [0.15, 0.2) is 10.7 Å². The summed E-state index contributed by atoms with van der Waals surface area (Å²) in [6.45, 7) is 0.0302. The van der Waals surface area contributed by atoms with E-state index in [-0.39, 0.29) is 17.8 Å². The number of nitrogens with one attached hydrogen (secondary N) is 1. The SMILES string of the molecule is COC(=O)CNc1nc(Cl)ncc1Br. The zero-order valence-electron chi connectivity index (χ0n) is 7.25. The number of carbonyl (C=O) groups excluding carboxylic acids is 1. The monoisotopic (exact) mass is 279 g/mol. The molecule has 1 aromatic heterocycles. The van der Waals surface area contributed by atoms with Crippen LogP contribution in [-0.2, 0) is 9.53 Å². The van der Waals surface area contributed by atoms with Crippen molar-refractivity contribution in [3.63, 3.8) is 0 Å². The van der Waals surface area contributed by atoms with E-state index in [1.54, 1.807) is 0 Å². The first-order valence-corrected chi connectivity index (χ1v) is 4.79. The van der Waals surface area contributed by atoms with Crippen molar-refractivity contribution in [3.05, 3.63) is 16.0 Å².